The molecule has 0 bridgehead atoms. The maximum atomic E-state index is 8.75. The lowest BCUT2D eigenvalue weighted by atomic mass is 9.86. The van der Waals surface area contributed by atoms with Crippen LogP contribution in [0.3, 0.4) is 0 Å². The van der Waals surface area contributed by atoms with Crippen LogP contribution >= 0.6 is 11.3 Å². The predicted octanol–water partition coefficient (Wildman–Crippen LogP) is 3.29. The average molecular weight is 234 g/mol. The number of rotatable bonds is 3. The van der Waals surface area contributed by atoms with Crippen molar-refractivity contribution < 1.29 is 0 Å². The summed E-state index contributed by atoms with van der Waals surface area (Å²) in [6.07, 6.45) is 5.40. The molecule has 0 radical (unpaired) electrons. The van der Waals surface area contributed by atoms with E-state index in [-0.39, 0.29) is 0 Å². The summed E-state index contributed by atoms with van der Waals surface area (Å²) in [5.74, 6) is 0.796. The minimum Gasteiger partial charge on any atom is -0.309 e. The lowest BCUT2D eigenvalue weighted by molar-refractivity contribution is 0.280. The van der Waals surface area contributed by atoms with Gasteiger partial charge in [-0.15, -0.1) is 11.3 Å². The van der Waals surface area contributed by atoms with Crippen LogP contribution in [0.4, 0.5) is 0 Å². The van der Waals surface area contributed by atoms with Gasteiger partial charge in [0.05, 0.1) is 0 Å². The van der Waals surface area contributed by atoms with Crippen LogP contribution in [0.2, 0.25) is 0 Å². The van der Waals surface area contributed by atoms with Crippen molar-refractivity contribution in [3.63, 3.8) is 0 Å². The van der Waals surface area contributed by atoms with Crippen LogP contribution in [0.1, 0.15) is 42.4 Å². The SMILES string of the molecule is CC1CCCCC1NCc1ccc(C#N)s1. The Balaban J connectivity index is 1.84. The quantitative estimate of drug-likeness (QED) is 0.871. The van der Waals surface area contributed by atoms with E-state index in [0.717, 1.165) is 17.3 Å². The largest absolute Gasteiger partial charge is 0.309 e. The van der Waals surface area contributed by atoms with Gasteiger partial charge in [0.15, 0.2) is 0 Å². The van der Waals surface area contributed by atoms with Crippen molar-refractivity contribution in [2.24, 2.45) is 5.92 Å². The van der Waals surface area contributed by atoms with E-state index in [1.807, 2.05) is 6.07 Å². The number of nitrogens with zero attached hydrogens (tertiary/aromatic N) is 1. The van der Waals surface area contributed by atoms with Gasteiger partial charge in [0.1, 0.15) is 10.9 Å². The van der Waals surface area contributed by atoms with Gasteiger partial charge in [0.25, 0.3) is 0 Å². The minimum absolute atomic E-state index is 0.668. The Hall–Kier alpha value is -0.850. The molecule has 1 aliphatic rings. The highest BCUT2D eigenvalue weighted by Crippen LogP contribution is 2.24. The predicted molar refractivity (Wildman–Crippen MR) is 67.3 cm³/mol. The molecule has 0 saturated heterocycles. The van der Waals surface area contributed by atoms with Crippen LogP contribution < -0.4 is 5.32 Å². The lowest BCUT2D eigenvalue weighted by Crippen LogP contribution is -2.36. The van der Waals surface area contributed by atoms with Crippen molar-refractivity contribution in [3.05, 3.63) is 21.9 Å². The number of hydrogen-bond acceptors (Lipinski definition) is 3. The Morgan fingerprint density at radius 3 is 2.94 bits per heavy atom. The molecular weight excluding hydrogens is 216 g/mol. The van der Waals surface area contributed by atoms with Gasteiger partial charge in [-0.05, 0) is 30.9 Å². The first kappa shape index (κ1) is 11.6. The summed E-state index contributed by atoms with van der Waals surface area (Å²) in [5, 5.41) is 12.4. The van der Waals surface area contributed by atoms with Gasteiger partial charge < -0.3 is 5.32 Å². The fraction of sp³-hybridized carbons (Fsp3) is 0.615. The van der Waals surface area contributed by atoms with Gasteiger partial charge in [-0.1, -0.05) is 19.8 Å². The maximum absolute atomic E-state index is 8.75. The number of thiophene rings is 1. The van der Waals surface area contributed by atoms with E-state index in [1.165, 1.54) is 30.6 Å². The Morgan fingerprint density at radius 2 is 2.25 bits per heavy atom. The Morgan fingerprint density at radius 1 is 1.44 bits per heavy atom. The summed E-state index contributed by atoms with van der Waals surface area (Å²) in [6.45, 7) is 3.26. The molecule has 86 valence electrons. The third-order valence-corrected chi connectivity index (χ3v) is 4.41. The molecule has 2 unspecified atom stereocenters. The first-order valence-electron chi connectivity index (χ1n) is 6.02. The highest BCUT2D eigenvalue weighted by Gasteiger charge is 2.20. The summed E-state index contributed by atoms with van der Waals surface area (Å²) >= 11 is 1.60. The average Bonchev–Trinajstić information content (AvgIpc) is 2.76. The molecular formula is C13H18N2S. The van der Waals surface area contributed by atoms with E-state index in [9.17, 15) is 0 Å². The molecule has 0 amide bonds. The number of nitrogens with one attached hydrogen (secondary N) is 1. The van der Waals surface area contributed by atoms with Crippen molar-refractivity contribution in [2.75, 3.05) is 0 Å². The van der Waals surface area contributed by atoms with Crippen molar-refractivity contribution >= 4 is 11.3 Å². The van der Waals surface area contributed by atoms with Gasteiger partial charge in [-0.25, -0.2) is 0 Å². The van der Waals surface area contributed by atoms with Gasteiger partial charge in [-0.2, -0.15) is 5.26 Å². The molecule has 1 saturated carbocycles. The van der Waals surface area contributed by atoms with Gasteiger partial charge in [-0.3, -0.25) is 0 Å². The second kappa shape index (κ2) is 5.47. The molecule has 1 aliphatic carbocycles. The van der Waals surface area contributed by atoms with Crippen molar-refractivity contribution in [3.8, 4) is 6.07 Å². The number of nitriles is 1. The highest BCUT2D eigenvalue weighted by atomic mass is 32.1. The lowest BCUT2D eigenvalue weighted by Gasteiger charge is -2.29. The van der Waals surface area contributed by atoms with Crippen molar-refractivity contribution in [1.82, 2.24) is 5.32 Å². The summed E-state index contributed by atoms with van der Waals surface area (Å²) in [5.41, 5.74) is 0. The van der Waals surface area contributed by atoms with Crippen LogP contribution in [0.25, 0.3) is 0 Å². The topological polar surface area (TPSA) is 35.8 Å². The summed E-state index contributed by atoms with van der Waals surface area (Å²) in [6, 6.07) is 6.82. The van der Waals surface area contributed by atoms with Gasteiger partial charge in [0, 0.05) is 17.5 Å². The standard InChI is InChI=1S/C13H18N2S/c1-10-4-2-3-5-13(10)15-9-12-7-6-11(8-14)16-12/h6-7,10,13,15H,2-5,9H2,1H3. The van der Waals surface area contributed by atoms with E-state index in [1.54, 1.807) is 11.3 Å². The Bertz CT molecular complexity index is 378. The van der Waals surface area contributed by atoms with E-state index >= 15 is 0 Å². The normalized spacial score (nSPS) is 25.2. The van der Waals surface area contributed by atoms with Crippen LogP contribution in [-0.4, -0.2) is 6.04 Å². The van der Waals surface area contributed by atoms with Gasteiger partial charge >= 0.3 is 0 Å². The summed E-state index contributed by atoms with van der Waals surface area (Å²) in [4.78, 5) is 2.09. The smallest absolute Gasteiger partial charge is 0.110 e. The summed E-state index contributed by atoms with van der Waals surface area (Å²) < 4.78 is 0. The van der Waals surface area contributed by atoms with Crippen LogP contribution in [0.15, 0.2) is 12.1 Å². The zero-order chi connectivity index (χ0) is 11.4. The maximum Gasteiger partial charge on any atom is 0.110 e. The zero-order valence-electron chi connectivity index (χ0n) is 9.70. The fourth-order valence-corrected chi connectivity index (χ4v) is 3.14. The molecule has 1 heterocycles. The van der Waals surface area contributed by atoms with Crippen LogP contribution in [0.5, 0.6) is 0 Å². The molecule has 3 heteroatoms. The monoisotopic (exact) mass is 234 g/mol. The van der Waals surface area contributed by atoms with E-state index in [4.69, 9.17) is 5.26 Å². The van der Waals surface area contributed by atoms with Crippen LogP contribution in [-0.2, 0) is 6.54 Å². The third kappa shape index (κ3) is 2.84. The van der Waals surface area contributed by atoms with E-state index in [2.05, 4.69) is 24.4 Å². The van der Waals surface area contributed by atoms with E-state index in [0.29, 0.717) is 6.04 Å². The van der Waals surface area contributed by atoms with Crippen molar-refractivity contribution in [2.45, 2.75) is 45.2 Å². The first-order valence-corrected chi connectivity index (χ1v) is 6.83. The molecule has 0 aliphatic heterocycles. The van der Waals surface area contributed by atoms with Gasteiger partial charge in [0.2, 0.25) is 0 Å². The molecule has 1 aromatic rings. The molecule has 2 atom stereocenters. The van der Waals surface area contributed by atoms with Crippen molar-refractivity contribution in [1.29, 1.82) is 5.26 Å². The van der Waals surface area contributed by atoms with Crippen LogP contribution in [0, 0.1) is 17.2 Å². The fourth-order valence-electron chi connectivity index (χ4n) is 2.38. The molecule has 0 aromatic carbocycles. The summed E-state index contributed by atoms with van der Waals surface area (Å²) in [7, 11) is 0. The molecule has 0 spiro atoms. The molecule has 2 nitrogen and oxygen atoms in total. The molecule has 1 N–H and O–H groups in total. The minimum atomic E-state index is 0.668. The van der Waals surface area contributed by atoms with E-state index < -0.39 is 0 Å². The highest BCUT2D eigenvalue weighted by molar-refractivity contribution is 7.12. The third-order valence-electron chi connectivity index (χ3n) is 3.42. The second-order valence-electron chi connectivity index (χ2n) is 4.63. The molecule has 16 heavy (non-hydrogen) atoms. The first-order chi connectivity index (χ1) is 7.79. The molecule has 1 fully saturated rings. The number of hydrogen-bond donors (Lipinski definition) is 1. The molecule has 2 rings (SSSR count). The second-order valence-corrected chi connectivity index (χ2v) is 5.80. The molecule has 1 aromatic heterocycles. The Kier molecular flexibility index (Phi) is 3.98. The Labute approximate surface area is 101 Å². The zero-order valence-corrected chi connectivity index (χ0v) is 10.5.